The van der Waals surface area contributed by atoms with Crippen LogP contribution in [0.2, 0.25) is 0 Å². The average Bonchev–Trinajstić information content (AvgIpc) is 2.30. The molecule has 17 heavy (non-hydrogen) atoms. The van der Waals surface area contributed by atoms with Crippen molar-refractivity contribution in [2.45, 2.75) is 27.2 Å². The number of aryl methyl sites for hydroxylation is 1. The molecule has 2 rings (SSSR count). The molecular formula is C15H20N2. The second-order valence-electron chi connectivity index (χ2n) is 5.53. The molecule has 2 nitrogen and oxygen atoms in total. The van der Waals surface area contributed by atoms with Crippen molar-refractivity contribution in [3.8, 4) is 0 Å². The number of hydrogen-bond acceptors (Lipinski definition) is 2. The summed E-state index contributed by atoms with van der Waals surface area (Å²) >= 11 is 0. The highest BCUT2D eigenvalue weighted by molar-refractivity contribution is 5.85. The van der Waals surface area contributed by atoms with Crippen molar-refractivity contribution in [3.63, 3.8) is 0 Å². The van der Waals surface area contributed by atoms with Crippen molar-refractivity contribution in [1.82, 2.24) is 4.98 Å². The van der Waals surface area contributed by atoms with Crippen LogP contribution in [0.5, 0.6) is 0 Å². The van der Waals surface area contributed by atoms with Crippen LogP contribution in [0.3, 0.4) is 0 Å². The van der Waals surface area contributed by atoms with Crippen molar-refractivity contribution in [1.29, 1.82) is 0 Å². The first-order valence-electron chi connectivity index (χ1n) is 6.06. The Hall–Kier alpha value is -1.41. The van der Waals surface area contributed by atoms with Gasteiger partial charge in [0.1, 0.15) is 0 Å². The minimum atomic E-state index is 0.102. The molecule has 0 atom stereocenters. The van der Waals surface area contributed by atoms with Gasteiger partial charge >= 0.3 is 0 Å². The molecule has 1 aromatic carbocycles. The summed E-state index contributed by atoms with van der Waals surface area (Å²) < 4.78 is 0. The van der Waals surface area contributed by atoms with Gasteiger partial charge in [-0.1, -0.05) is 31.5 Å². The van der Waals surface area contributed by atoms with Gasteiger partial charge in [-0.25, -0.2) is 0 Å². The number of hydrogen-bond donors (Lipinski definition) is 1. The van der Waals surface area contributed by atoms with Crippen molar-refractivity contribution in [3.05, 3.63) is 41.7 Å². The van der Waals surface area contributed by atoms with Crippen molar-refractivity contribution < 1.29 is 0 Å². The maximum absolute atomic E-state index is 5.80. The molecular weight excluding hydrogens is 208 g/mol. The van der Waals surface area contributed by atoms with E-state index in [9.17, 15) is 0 Å². The Morgan fingerprint density at radius 3 is 2.71 bits per heavy atom. The molecule has 0 aliphatic rings. The number of benzene rings is 1. The number of pyridine rings is 1. The Bertz CT molecular complexity index is 529. The summed E-state index contributed by atoms with van der Waals surface area (Å²) in [4.78, 5) is 4.53. The maximum Gasteiger partial charge on any atom is 0.0487 e. The first-order valence-corrected chi connectivity index (χ1v) is 6.06. The van der Waals surface area contributed by atoms with Crippen molar-refractivity contribution in [2.24, 2.45) is 11.1 Å². The van der Waals surface area contributed by atoms with Crippen LogP contribution in [-0.2, 0) is 6.42 Å². The summed E-state index contributed by atoms with van der Waals surface area (Å²) in [6, 6.07) is 8.57. The number of fused-ring (bicyclic) bond motifs is 1. The second-order valence-corrected chi connectivity index (χ2v) is 5.53. The molecule has 0 spiro atoms. The van der Waals surface area contributed by atoms with Gasteiger partial charge in [-0.05, 0) is 42.8 Å². The first kappa shape index (κ1) is 12.1. The summed E-state index contributed by atoms with van der Waals surface area (Å²) in [6.07, 6.45) is 2.81. The minimum absolute atomic E-state index is 0.102. The molecule has 0 saturated carbocycles. The first-order chi connectivity index (χ1) is 8.02. The molecule has 0 saturated heterocycles. The smallest absolute Gasteiger partial charge is 0.0487 e. The SMILES string of the molecule is Cc1ccc2ccnc(CC(C)(C)CN)c2c1. The molecule has 1 aromatic heterocycles. The molecule has 0 aliphatic carbocycles. The van der Waals surface area contributed by atoms with Gasteiger partial charge in [0.25, 0.3) is 0 Å². The lowest BCUT2D eigenvalue weighted by atomic mass is 9.86. The van der Waals surface area contributed by atoms with E-state index >= 15 is 0 Å². The molecule has 0 radical (unpaired) electrons. The summed E-state index contributed by atoms with van der Waals surface area (Å²) in [6.45, 7) is 7.16. The fourth-order valence-electron chi connectivity index (χ4n) is 2.01. The lowest BCUT2D eigenvalue weighted by molar-refractivity contribution is 0.374. The molecule has 1 heterocycles. The molecule has 2 aromatic rings. The number of nitrogens with zero attached hydrogens (tertiary/aromatic N) is 1. The summed E-state index contributed by atoms with van der Waals surface area (Å²) in [5.41, 5.74) is 8.33. The monoisotopic (exact) mass is 228 g/mol. The van der Waals surface area contributed by atoms with Gasteiger partial charge in [-0.3, -0.25) is 4.98 Å². The van der Waals surface area contributed by atoms with Gasteiger partial charge in [0, 0.05) is 17.3 Å². The third-order valence-corrected chi connectivity index (χ3v) is 3.20. The highest BCUT2D eigenvalue weighted by Crippen LogP contribution is 2.25. The highest BCUT2D eigenvalue weighted by atomic mass is 14.7. The van der Waals surface area contributed by atoms with E-state index in [-0.39, 0.29) is 5.41 Å². The molecule has 2 heteroatoms. The summed E-state index contributed by atoms with van der Waals surface area (Å²) in [5, 5.41) is 2.52. The van der Waals surface area contributed by atoms with Crippen molar-refractivity contribution in [2.75, 3.05) is 6.54 Å². The largest absolute Gasteiger partial charge is 0.330 e. The third kappa shape index (κ3) is 2.64. The van der Waals surface area contributed by atoms with E-state index in [2.05, 4.69) is 50.0 Å². The van der Waals surface area contributed by atoms with Gasteiger partial charge in [0.05, 0.1) is 0 Å². The van der Waals surface area contributed by atoms with Gasteiger partial charge in [0.15, 0.2) is 0 Å². The Labute approximate surface area is 103 Å². The van der Waals surface area contributed by atoms with Gasteiger partial charge in [-0.15, -0.1) is 0 Å². The van der Waals surface area contributed by atoms with E-state index in [1.165, 1.54) is 16.3 Å². The molecule has 0 unspecified atom stereocenters. The second kappa shape index (κ2) is 4.46. The Kier molecular flexibility index (Phi) is 3.16. The minimum Gasteiger partial charge on any atom is -0.330 e. The molecule has 90 valence electrons. The predicted molar refractivity (Wildman–Crippen MR) is 73.0 cm³/mol. The van der Waals surface area contributed by atoms with E-state index in [0.29, 0.717) is 6.54 Å². The fraction of sp³-hybridized carbons (Fsp3) is 0.400. The average molecular weight is 228 g/mol. The van der Waals surface area contributed by atoms with Crippen LogP contribution in [-0.4, -0.2) is 11.5 Å². The van der Waals surface area contributed by atoms with Crippen LogP contribution in [0.4, 0.5) is 0 Å². The van der Waals surface area contributed by atoms with Gasteiger partial charge in [0.2, 0.25) is 0 Å². The predicted octanol–water partition coefficient (Wildman–Crippen LogP) is 3.07. The third-order valence-electron chi connectivity index (χ3n) is 3.20. The standard InChI is InChI=1S/C15H20N2/c1-11-4-5-12-6-7-17-14(13(12)8-11)9-15(2,3)10-16/h4-8H,9-10,16H2,1-3H3. The number of aromatic nitrogens is 1. The highest BCUT2D eigenvalue weighted by Gasteiger charge is 2.18. The van der Waals surface area contributed by atoms with Crippen LogP contribution in [0, 0.1) is 12.3 Å². The zero-order chi connectivity index (χ0) is 12.5. The van der Waals surface area contributed by atoms with Crippen LogP contribution in [0.15, 0.2) is 30.5 Å². The normalized spacial score (nSPS) is 12.0. The van der Waals surface area contributed by atoms with E-state index < -0.39 is 0 Å². The Morgan fingerprint density at radius 2 is 2.00 bits per heavy atom. The molecule has 0 fully saturated rings. The van der Waals surface area contributed by atoms with E-state index in [0.717, 1.165) is 12.1 Å². The summed E-state index contributed by atoms with van der Waals surface area (Å²) in [7, 11) is 0. The van der Waals surface area contributed by atoms with E-state index in [1.807, 2.05) is 6.20 Å². The van der Waals surface area contributed by atoms with Crippen molar-refractivity contribution >= 4 is 10.8 Å². The fourth-order valence-corrected chi connectivity index (χ4v) is 2.01. The van der Waals surface area contributed by atoms with Crippen LogP contribution in [0.1, 0.15) is 25.1 Å². The van der Waals surface area contributed by atoms with E-state index in [1.54, 1.807) is 0 Å². The topological polar surface area (TPSA) is 38.9 Å². The zero-order valence-corrected chi connectivity index (χ0v) is 10.8. The number of rotatable bonds is 3. The maximum atomic E-state index is 5.80. The molecule has 0 bridgehead atoms. The zero-order valence-electron chi connectivity index (χ0n) is 10.8. The Morgan fingerprint density at radius 1 is 1.24 bits per heavy atom. The number of nitrogens with two attached hydrogens (primary N) is 1. The van der Waals surface area contributed by atoms with Crippen LogP contribution in [0.25, 0.3) is 10.8 Å². The molecule has 0 aliphatic heterocycles. The molecule has 2 N–H and O–H groups in total. The molecule has 0 amide bonds. The quantitative estimate of drug-likeness (QED) is 0.876. The Balaban J connectivity index is 2.50. The van der Waals surface area contributed by atoms with Crippen LogP contribution >= 0.6 is 0 Å². The lowest BCUT2D eigenvalue weighted by Crippen LogP contribution is -2.26. The summed E-state index contributed by atoms with van der Waals surface area (Å²) in [5.74, 6) is 0. The van der Waals surface area contributed by atoms with E-state index in [4.69, 9.17) is 5.73 Å². The van der Waals surface area contributed by atoms with Crippen LogP contribution < -0.4 is 5.73 Å². The van der Waals surface area contributed by atoms with Gasteiger partial charge < -0.3 is 5.73 Å². The van der Waals surface area contributed by atoms with Gasteiger partial charge in [-0.2, -0.15) is 0 Å². The lowest BCUT2D eigenvalue weighted by Gasteiger charge is -2.22.